The zero-order valence-electron chi connectivity index (χ0n) is 20.7. The molecule has 35 heavy (non-hydrogen) atoms. The van der Waals surface area contributed by atoms with Crippen LogP contribution in [0.4, 0.5) is 0 Å². The third-order valence-electron chi connectivity index (χ3n) is 5.22. The van der Waals surface area contributed by atoms with E-state index in [1.54, 1.807) is 0 Å². The number of hydrogen-bond acceptors (Lipinski definition) is 11. The number of carboxylic acids is 1. The summed E-state index contributed by atoms with van der Waals surface area (Å²) in [6.07, 6.45) is -8.67. The van der Waals surface area contributed by atoms with Crippen molar-refractivity contribution in [2.45, 2.75) is 88.5 Å². The first-order valence-electron chi connectivity index (χ1n) is 11.4. The molecule has 1 unspecified atom stereocenters. The summed E-state index contributed by atoms with van der Waals surface area (Å²) in [5.41, 5.74) is 5.21. The molecule has 0 aliphatic carbocycles. The zero-order valence-corrected chi connectivity index (χ0v) is 19.7. The summed E-state index contributed by atoms with van der Waals surface area (Å²) in [4.78, 5) is 46.6. The van der Waals surface area contributed by atoms with E-state index >= 15 is 0 Å². The van der Waals surface area contributed by atoms with E-state index in [-0.39, 0.29) is 13.0 Å². The van der Waals surface area contributed by atoms with Crippen LogP contribution < -0.4 is 21.7 Å². The highest BCUT2D eigenvalue weighted by Crippen LogP contribution is 2.23. The predicted molar refractivity (Wildman–Crippen MR) is 117 cm³/mol. The number of amides is 3. The van der Waals surface area contributed by atoms with E-state index in [9.17, 15) is 39.6 Å². The number of carbonyl (C=O) groups excluding carboxylic acids is 3. The minimum atomic E-state index is -1.62. The standard InChI is InChI=1S/C20H36N4O11/c1-8(34-17-15(23-10(3)27)20(33)35-12(7-25)16(17)30)6-22-14(9(2)26)19(32)24-11(18(21)31)4-5-13(28)29/h8-9,11-12,14-17,20,22,25-26,30,33H,4-7H2,1-3H3,(H2,21,31)(H,23,27)(H,24,32)(H,28,29)/t8?,9-,11+,12-,14+,15-,16-,17-,20+/m1/s1/i/hD. The maximum Gasteiger partial charge on any atom is 0.303 e. The molecule has 1 heterocycles. The predicted octanol–water partition coefficient (Wildman–Crippen LogP) is -4.49. The Hall–Kier alpha value is -2.40. The van der Waals surface area contributed by atoms with Crippen molar-refractivity contribution < 1.29 is 55.6 Å². The number of carboxylic acid groups (broad SMARTS) is 1. The van der Waals surface area contributed by atoms with Gasteiger partial charge in [0.25, 0.3) is 0 Å². The molecule has 15 nitrogen and oxygen atoms in total. The lowest BCUT2D eigenvalue weighted by molar-refractivity contribution is -0.267. The average molecular weight is 510 g/mol. The Morgan fingerprint density at radius 1 is 1.23 bits per heavy atom. The third kappa shape index (κ3) is 9.64. The highest BCUT2D eigenvalue weighted by Gasteiger charge is 2.46. The Kier molecular flexibility index (Phi) is 11.7. The van der Waals surface area contributed by atoms with E-state index in [1.165, 1.54) is 20.8 Å². The topological polar surface area (TPSA) is 250 Å². The van der Waals surface area contributed by atoms with Crippen LogP contribution in [0.2, 0.25) is 1.41 Å². The van der Waals surface area contributed by atoms with Crippen molar-refractivity contribution in [2.24, 2.45) is 5.73 Å². The Morgan fingerprint density at radius 2 is 1.86 bits per heavy atom. The van der Waals surface area contributed by atoms with Crippen LogP contribution in [0.1, 0.15) is 33.6 Å². The lowest BCUT2D eigenvalue weighted by Crippen LogP contribution is -2.65. The van der Waals surface area contributed by atoms with Gasteiger partial charge in [0.05, 0.1) is 18.8 Å². The number of primary amides is 1. The molecule has 0 aromatic rings. The monoisotopic (exact) mass is 509 g/mol. The van der Waals surface area contributed by atoms with Crippen molar-refractivity contribution in [3.05, 3.63) is 0 Å². The van der Waals surface area contributed by atoms with Crippen molar-refractivity contribution in [3.63, 3.8) is 0 Å². The number of carbonyl (C=O) groups is 4. The lowest BCUT2D eigenvalue weighted by Gasteiger charge is -2.43. The molecule has 0 bridgehead atoms. The van der Waals surface area contributed by atoms with E-state index in [1.807, 2.05) is 0 Å². The van der Waals surface area contributed by atoms with Gasteiger partial charge in [0, 0.05) is 19.9 Å². The normalized spacial score (nSPS) is 28.3. The van der Waals surface area contributed by atoms with Crippen LogP contribution >= 0.6 is 0 Å². The smallest absolute Gasteiger partial charge is 0.303 e. The summed E-state index contributed by atoms with van der Waals surface area (Å²) < 4.78 is 19.1. The van der Waals surface area contributed by atoms with Crippen molar-refractivity contribution >= 4 is 23.7 Å². The second-order valence-corrected chi connectivity index (χ2v) is 8.32. The number of aliphatic hydroxyl groups is 4. The molecule has 9 atom stereocenters. The summed E-state index contributed by atoms with van der Waals surface area (Å²) in [6, 6.07) is -4.09. The molecule has 3 amide bonds. The van der Waals surface area contributed by atoms with Gasteiger partial charge in [-0.1, -0.05) is 0 Å². The van der Waals surface area contributed by atoms with Crippen molar-refractivity contribution in [1.82, 2.24) is 15.9 Å². The molecule has 15 heteroatoms. The van der Waals surface area contributed by atoms with Crippen LogP contribution in [-0.2, 0) is 28.7 Å². The first kappa shape index (κ1) is 28.8. The second-order valence-electron chi connectivity index (χ2n) is 8.32. The minimum Gasteiger partial charge on any atom is -0.481 e. The van der Waals surface area contributed by atoms with Gasteiger partial charge < -0.3 is 56.7 Å². The van der Waals surface area contributed by atoms with Gasteiger partial charge in [-0.2, -0.15) is 0 Å². The number of hydrogen-bond donors (Lipinski definition) is 9. The van der Waals surface area contributed by atoms with Gasteiger partial charge in [-0.25, -0.2) is 0 Å². The molecular weight excluding hydrogens is 472 g/mol. The largest absolute Gasteiger partial charge is 0.481 e. The molecule has 1 aliphatic heterocycles. The number of aliphatic carboxylic acids is 1. The van der Waals surface area contributed by atoms with Gasteiger partial charge in [0.15, 0.2) is 6.29 Å². The van der Waals surface area contributed by atoms with E-state index in [2.05, 4.69) is 10.6 Å². The van der Waals surface area contributed by atoms with Crippen LogP contribution in [0.15, 0.2) is 0 Å². The third-order valence-corrected chi connectivity index (χ3v) is 5.22. The van der Waals surface area contributed by atoms with Gasteiger partial charge >= 0.3 is 5.97 Å². The average Bonchev–Trinajstić information content (AvgIpc) is 2.74. The zero-order chi connectivity index (χ0) is 27.7. The highest BCUT2D eigenvalue weighted by atomic mass is 16.6. The number of rotatable bonds is 14. The van der Waals surface area contributed by atoms with E-state index in [0.717, 1.165) is 0 Å². The van der Waals surface area contributed by atoms with Crippen LogP contribution in [0.25, 0.3) is 0 Å². The molecule has 1 saturated heterocycles. The quantitative estimate of drug-likeness (QED) is 0.107. The fraction of sp³-hybridized carbons (Fsp3) is 0.800. The summed E-state index contributed by atoms with van der Waals surface area (Å²) in [5, 5.41) is 54.3. The summed E-state index contributed by atoms with van der Waals surface area (Å²) in [6.45, 7) is 2.87. The molecule has 1 fully saturated rings. The van der Waals surface area contributed by atoms with Crippen LogP contribution in [0, 0.1) is 0 Å². The van der Waals surface area contributed by atoms with Gasteiger partial charge in [-0.3, -0.25) is 19.2 Å². The molecule has 0 aromatic heterocycles. The molecule has 0 radical (unpaired) electrons. The van der Waals surface area contributed by atoms with Crippen molar-refractivity contribution in [2.75, 3.05) is 13.2 Å². The highest BCUT2D eigenvalue weighted by molar-refractivity contribution is 5.89. The number of nitrogens with one attached hydrogen (secondary N) is 3. The Bertz CT molecular complexity index is 774. The van der Waals surface area contributed by atoms with Crippen molar-refractivity contribution in [1.29, 1.82) is 0 Å². The Balaban J connectivity index is 2.94. The molecule has 0 spiro atoms. The van der Waals surface area contributed by atoms with Gasteiger partial charge in [-0.05, 0) is 20.3 Å². The van der Waals surface area contributed by atoms with E-state index in [0.29, 0.717) is 5.31 Å². The van der Waals surface area contributed by atoms with Gasteiger partial charge in [0.2, 0.25) is 17.7 Å². The maximum absolute atomic E-state index is 12.7. The van der Waals surface area contributed by atoms with Crippen LogP contribution in [0.3, 0.4) is 0 Å². The lowest BCUT2D eigenvalue weighted by atomic mass is 9.96. The SMILES string of the molecule is [2H]N(CC(C)O[C@H]1[C@H](O)[C@@H](CO)O[C@H](O)[C@@H]1NC(C)=O)[C@H](C(=O)N[C@@H](CCC(=O)O)C(N)=O)[C@@H](C)O. The molecule has 1 rings (SSSR count). The fourth-order valence-corrected chi connectivity index (χ4v) is 3.47. The van der Waals surface area contributed by atoms with Gasteiger partial charge in [-0.15, -0.1) is 0 Å². The summed E-state index contributed by atoms with van der Waals surface area (Å²) >= 11 is 0. The molecule has 1 aliphatic rings. The van der Waals surface area contributed by atoms with E-state index in [4.69, 9.17) is 21.7 Å². The minimum absolute atomic E-state index is 0.291. The molecule has 0 aromatic carbocycles. The van der Waals surface area contributed by atoms with E-state index < -0.39 is 91.7 Å². The molecular formula is C20H36N4O11. The molecule has 0 saturated carbocycles. The Labute approximate surface area is 203 Å². The first-order chi connectivity index (χ1) is 16.7. The Morgan fingerprint density at radius 3 is 2.34 bits per heavy atom. The fourth-order valence-electron chi connectivity index (χ4n) is 3.47. The van der Waals surface area contributed by atoms with Crippen molar-refractivity contribution in [3.8, 4) is 0 Å². The number of aliphatic hydroxyl groups excluding tert-OH is 4. The number of nitrogens with two attached hydrogens (primary N) is 1. The van der Waals surface area contributed by atoms with Gasteiger partial charge in [0.1, 0.15) is 37.8 Å². The summed E-state index contributed by atoms with van der Waals surface area (Å²) in [7, 11) is 0. The maximum atomic E-state index is 12.7. The number of ether oxygens (including phenoxy) is 2. The molecule has 10 N–H and O–H groups in total. The van der Waals surface area contributed by atoms with Crippen LogP contribution in [-0.4, -0.2) is 117 Å². The van der Waals surface area contributed by atoms with Crippen LogP contribution in [0.5, 0.6) is 0 Å². The summed E-state index contributed by atoms with van der Waals surface area (Å²) in [5.74, 6) is -3.72. The molecule has 202 valence electrons. The first-order valence-corrected chi connectivity index (χ1v) is 11.0. The second kappa shape index (κ2) is 14.2.